The van der Waals surface area contributed by atoms with Crippen LogP contribution in [0.1, 0.15) is 11.3 Å². The largest absolute Gasteiger partial charge is 0.383 e. The molecule has 0 aliphatic carbocycles. The van der Waals surface area contributed by atoms with Crippen LogP contribution in [0.2, 0.25) is 0 Å². The number of hydrogen-bond acceptors (Lipinski definition) is 5. The molecule has 0 fully saturated rings. The maximum Gasteiger partial charge on any atom is 0.224 e. The molecule has 1 aromatic heterocycles. The molecular formula is C15H20N4O. The van der Waals surface area contributed by atoms with E-state index in [1.165, 1.54) is 5.56 Å². The van der Waals surface area contributed by atoms with Crippen molar-refractivity contribution in [1.29, 1.82) is 0 Å². The fraction of sp³-hybridized carbons (Fsp3) is 0.333. The van der Waals surface area contributed by atoms with Gasteiger partial charge in [-0.1, -0.05) is 12.1 Å². The van der Waals surface area contributed by atoms with Gasteiger partial charge in [-0.3, -0.25) is 0 Å². The van der Waals surface area contributed by atoms with Crippen molar-refractivity contribution in [3.8, 4) is 0 Å². The van der Waals surface area contributed by atoms with Crippen molar-refractivity contribution in [2.75, 3.05) is 30.9 Å². The fourth-order valence-corrected chi connectivity index (χ4v) is 1.85. The van der Waals surface area contributed by atoms with Gasteiger partial charge < -0.3 is 15.4 Å². The SMILES string of the molecule is COCCNc1nc(C)cc(Nc2cccc(C)c2)n1. The van der Waals surface area contributed by atoms with Crippen LogP contribution in [-0.2, 0) is 4.74 Å². The molecule has 0 bridgehead atoms. The minimum absolute atomic E-state index is 0.609. The molecule has 0 spiro atoms. The molecule has 0 radical (unpaired) electrons. The molecule has 1 aromatic carbocycles. The third kappa shape index (κ3) is 4.20. The summed E-state index contributed by atoms with van der Waals surface area (Å²) in [6.07, 6.45) is 0. The standard InChI is InChI=1S/C15H20N4O/c1-11-5-4-6-13(9-11)18-14-10-12(2)17-15(19-14)16-7-8-20-3/h4-6,9-10H,7-8H2,1-3H3,(H2,16,17,18,19). The highest BCUT2D eigenvalue weighted by molar-refractivity contribution is 5.58. The molecule has 0 unspecified atom stereocenters. The van der Waals surface area contributed by atoms with Crippen molar-refractivity contribution in [3.05, 3.63) is 41.6 Å². The van der Waals surface area contributed by atoms with E-state index in [1.807, 2.05) is 25.1 Å². The third-order valence-corrected chi connectivity index (χ3v) is 2.73. The highest BCUT2D eigenvalue weighted by Gasteiger charge is 2.02. The zero-order valence-corrected chi connectivity index (χ0v) is 12.1. The number of anilines is 3. The molecule has 5 heteroatoms. The highest BCUT2D eigenvalue weighted by Crippen LogP contribution is 2.17. The number of methoxy groups -OCH3 is 1. The van der Waals surface area contributed by atoms with Crippen molar-refractivity contribution >= 4 is 17.5 Å². The predicted molar refractivity (Wildman–Crippen MR) is 81.6 cm³/mol. The monoisotopic (exact) mass is 272 g/mol. The Morgan fingerprint density at radius 2 is 2.00 bits per heavy atom. The summed E-state index contributed by atoms with van der Waals surface area (Å²) in [4.78, 5) is 8.79. The quantitative estimate of drug-likeness (QED) is 0.792. The first-order valence-corrected chi connectivity index (χ1v) is 6.59. The van der Waals surface area contributed by atoms with Crippen LogP contribution in [0.3, 0.4) is 0 Å². The van der Waals surface area contributed by atoms with E-state index in [0.29, 0.717) is 19.1 Å². The Morgan fingerprint density at radius 1 is 1.15 bits per heavy atom. The molecule has 0 atom stereocenters. The molecule has 0 saturated carbocycles. The minimum atomic E-state index is 0.609. The third-order valence-electron chi connectivity index (χ3n) is 2.73. The zero-order valence-electron chi connectivity index (χ0n) is 12.1. The molecule has 2 rings (SSSR count). The summed E-state index contributed by atoms with van der Waals surface area (Å²) in [5.74, 6) is 1.39. The van der Waals surface area contributed by atoms with Gasteiger partial charge in [0.05, 0.1) is 6.61 Å². The molecule has 0 amide bonds. The van der Waals surface area contributed by atoms with Gasteiger partial charge in [0.2, 0.25) is 5.95 Å². The van der Waals surface area contributed by atoms with E-state index in [4.69, 9.17) is 4.74 Å². The molecule has 5 nitrogen and oxygen atoms in total. The maximum atomic E-state index is 5.00. The van der Waals surface area contributed by atoms with E-state index in [2.05, 4.69) is 39.7 Å². The normalized spacial score (nSPS) is 10.3. The van der Waals surface area contributed by atoms with E-state index < -0.39 is 0 Å². The maximum absolute atomic E-state index is 5.00. The van der Waals surface area contributed by atoms with Crippen molar-refractivity contribution in [1.82, 2.24) is 9.97 Å². The average molecular weight is 272 g/mol. The van der Waals surface area contributed by atoms with Crippen molar-refractivity contribution in [3.63, 3.8) is 0 Å². The van der Waals surface area contributed by atoms with Crippen LogP contribution in [0.15, 0.2) is 30.3 Å². The Kier molecular flexibility index (Phi) is 4.90. The molecule has 0 aliphatic rings. The van der Waals surface area contributed by atoms with Crippen LogP contribution in [0, 0.1) is 13.8 Å². The zero-order chi connectivity index (χ0) is 14.4. The van der Waals surface area contributed by atoms with Gasteiger partial charge in [-0.05, 0) is 31.5 Å². The van der Waals surface area contributed by atoms with Crippen LogP contribution in [-0.4, -0.2) is 30.2 Å². The summed E-state index contributed by atoms with van der Waals surface area (Å²) in [6.45, 7) is 5.32. The first kappa shape index (κ1) is 14.3. The Morgan fingerprint density at radius 3 is 2.75 bits per heavy atom. The van der Waals surface area contributed by atoms with Gasteiger partial charge >= 0.3 is 0 Å². The lowest BCUT2D eigenvalue weighted by Gasteiger charge is -2.10. The molecule has 0 saturated heterocycles. The summed E-state index contributed by atoms with van der Waals surface area (Å²) < 4.78 is 5.00. The van der Waals surface area contributed by atoms with Crippen LogP contribution < -0.4 is 10.6 Å². The van der Waals surface area contributed by atoms with Crippen LogP contribution in [0.5, 0.6) is 0 Å². The number of nitrogens with one attached hydrogen (secondary N) is 2. The molecule has 2 N–H and O–H groups in total. The van der Waals surface area contributed by atoms with Crippen molar-refractivity contribution < 1.29 is 4.74 Å². The summed E-state index contributed by atoms with van der Waals surface area (Å²) in [7, 11) is 1.67. The molecule has 106 valence electrons. The topological polar surface area (TPSA) is 59.1 Å². The highest BCUT2D eigenvalue weighted by atomic mass is 16.5. The van der Waals surface area contributed by atoms with Crippen molar-refractivity contribution in [2.45, 2.75) is 13.8 Å². The van der Waals surface area contributed by atoms with Crippen LogP contribution in [0.25, 0.3) is 0 Å². The van der Waals surface area contributed by atoms with Crippen LogP contribution in [0.4, 0.5) is 17.5 Å². The fourth-order valence-electron chi connectivity index (χ4n) is 1.85. The van der Waals surface area contributed by atoms with E-state index in [1.54, 1.807) is 7.11 Å². The first-order valence-electron chi connectivity index (χ1n) is 6.59. The Labute approximate surface area is 119 Å². The lowest BCUT2D eigenvalue weighted by atomic mass is 10.2. The second-order valence-corrected chi connectivity index (χ2v) is 4.63. The van der Waals surface area contributed by atoms with Gasteiger partial charge in [-0.15, -0.1) is 0 Å². The second-order valence-electron chi connectivity index (χ2n) is 4.63. The lowest BCUT2D eigenvalue weighted by Crippen LogP contribution is -2.11. The van der Waals surface area contributed by atoms with Gasteiger partial charge in [-0.2, -0.15) is 4.98 Å². The van der Waals surface area contributed by atoms with Gasteiger partial charge in [0.15, 0.2) is 0 Å². The second kappa shape index (κ2) is 6.86. The number of rotatable bonds is 6. The number of nitrogens with zero attached hydrogens (tertiary/aromatic N) is 2. The molecule has 0 aliphatic heterocycles. The Balaban J connectivity index is 2.11. The molecule has 1 heterocycles. The lowest BCUT2D eigenvalue weighted by molar-refractivity contribution is 0.210. The molecular weight excluding hydrogens is 252 g/mol. The summed E-state index contributed by atoms with van der Waals surface area (Å²) >= 11 is 0. The molecule has 20 heavy (non-hydrogen) atoms. The average Bonchev–Trinajstić information content (AvgIpc) is 2.38. The Bertz CT molecular complexity index is 572. The van der Waals surface area contributed by atoms with E-state index >= 15 is 0 Å². The predicted octanol–water partition coefficient (Wildman–Crippen LogP) is 2.90. The number of aromatic nitrogens is 2. The number of aryl methyl sites for hydroxylation is 2. The summed E-state index contributed by atoms with van der Waals surface area (Å²) in [5, 5.41) is 6.43. The van der Waals surface area contributed by atoms with E-state index in [9.17, 15) is 0 Å². The van der Waals surface area contributed by atoms with E-state index in [-0.39, 0.29) is 0 Å². The van der Waals surface area contributed by atoms with E-state index in [0.717, 1.165) is 17.2 Å². The summed E-state index contributed by atoms with van der Waals surface area (Å²) in [6, 6.07) is 10.1. The first-order chi connectivity index (χ1) is 9.67. The number of benzene rings is 1. The van der Waals surface area contributed by atoms with Crippen molar-refractivity contribution in [2.24, 2.45) is 0 Å². The van der Waals surface area contributed by atoms with Gasteiger partial charge in [0.25, 0.3) is 0 Å². The number of hydrogen-bond donors (Lipinski definition) is 2. The summed E-state index contributed by atoms with van der Waals surface area (Å²) in [5.41, 5.74) is 3.14. The minimum Gasteiger partial charge on any atom is -0.383 e. The van der Waals surface area contributed by atoms with Gasteiger partial charge in [-0.25, -0.2) is 4.98 Å². The molecule has 2 aromatic rings. The van der Waals surface area contributed by atoms with Gasteiger partial charge in [0.1, 0.15) is 5.82 Å². The van der Waals surface area contributed by atoms with Crippen LogP contribution >= 0.6 is 0 Å². The number of ether oxygens (including phenoxy) is 1. The Hall–Kier alpha value is -2.14. The van der Waals surface area contributed by atoms with Gasteiger partial charge in [0, 0.05) is 31.1 Å². The smallest absolute Gasteiger partial charge is 0.224 e.